The fourth-order valence-electron chi connectivity index (χ4n) is 3.18. The van der Waals surface area contributed by atoms with E-state index in [0.29, 0.717) is 5.41 Å². The third kappa shape index (κ3) is 3.45. The molecule has 0 bridgehead atoms. The van der Waals surface area contributed by atoms with Crippen molar-refractivity contribution >= 4 is 0 Å². The quantitative estimate of drug-likeness (QED) is 0.765. The smallest absolute Gasteiger partial charge is 0.0121 e. The highest BCUT2D eigenvalue weighted by Crippen LogP contribution is 2.50. The maximum Gasteiger partial charge on any atom is 0.0121 e. The van der Waals surface area contributed by atoms with Crippen LogP contribution in [0.1, 0.15) is 52.9 Å². The lowest BCUT2D eigenvalue weighted by Crippen LogP contribution is -2.44. The van der Waals surface area contributed by atoms with Crippen molar-refractivity contribution in [1.29, 1.82) is 0 Å². The molecule has 1 unspecified atom stereocenters. The van der Waals surface area contributed by atoms with Crippen molar-refractivity contribution in [3.8, 4) is 0 Å². The van der Waals surface area contributed by atoms with E-state index in [4.69, 9.17) is 0 Å². The molecule has 0 aromatic carbocycles. The van der Waals surface area contributed by atoms with E-state index >= 15 is 0 Å². The summed E-state index contributed by atoms with van der Waals surface area (Å²) in [6.07, 6.45) is 6.94. The van der Waals surface area contributed by atoms with Gasteiger partial charge in [-0.25, -0.2) is 0 Å². The van der Waals surface area contributed by atoms with E-state index in [1.165, 1.54) is 58.3 Å². The first-order chi connectivity index (χ1) is 8.15. The number of rotatable bonds is 6. The Morgan fingerprint density at radius 1 is 1.29 bits per heavy atom. The van der Waals surface area contributed by atoms with E-state index < -0.39 is 0 Å². The van der Waals surface area contributed by atoms with E-state index in [0.717, 1.165) is 12.0 Å². The van der Waals surface area contributed by atoms with Crippen LogP contribution in [0.3, 0.4) is 0 Å². The minimum Gasteiger partial charge on any atom is -0.317 e. The standard InChI is InChI=1S/C15H30N2/c1-4-11-17(13(2)15(3)7-8-15)12-14-5-9-16-10-6-14/h13-14,16H,4-12H2,1-3H3. The lowest BCUT2D eigenvalue weighted by atomic mass is 9.93. The Labute approximate surface area is 107 Å². The molecule has 0 amide bonds. The van der Waals surface area contributed by atoms with Crippen LogP contribution in [0.25, 0.3) is 0 Å². The highest BCUT2D eigenvalue weighted by Gasteiger charge is 2.44. The number of hydrogen-bond acceptors (Lipinski definition) is 2. The zero-order valence-corrected chi connectivity index (χ0v) is 12.0. The van der Waals surface area contributed by atoms with Crippen LogP contribution in [0.2, 0.25) is 0 Å². The predicted octanol–water partition coefficient (Wildman–Crippen LogP) is 2.89. The first-order valence-electron chi connectivity index (χ1n) is 7.60. The van der Waals surface area contributed by atoms with Gasteiger partial charge in [-0.2, -0.15) is 0 Å². The molecule has 2 rings (SSSR count). The van der Waals surface area contributed by atoms with Gasteiger partial charge in [0.05, 0.1) is 0 Å². The molecular formula is C15H30N2. The Balaban J connectivity index is 1.86. The molecule has 0 aromatic heterocycles. The number of nitrogens with one attached hydrogen (secondary N) is 1. The molecule has 0 aromatic rings. The average molecular weight is 238 g/mol. The van der Waals surface area contributed by atoms with Crippen LogP contribution in [0.15, 0.2) is 0 Å². The summed E-state index contributed by atoms with van der Waals surface area (Å²) in [5.41, 5.74) is 0.641. The van der Waals surface area contributed by atoms with Crippen LogP contribution in [0, 0.1) is 11.3 Å². The Morgan fingerprint density at radius 3 is 2.47 bits per heavy atom. The van der Waals surface area contributed by atoms with Gasteiger partial charge in [0.1, 0.15) is 0 Å². The molecule has 2 aliphatic rings. The molecule has 100 valence electrons. The van der Waals surface area contributed by atoms with Crippen molar-refractivity contribution in [1.82, 2.24) is 10.2 Å². The molecule has 1 N–H and O–H groups in total. The summed E-state index contributed by atoms with van der Waals surface area (Å²) in [7, 11) is 0. The molecule has 17 heavy (non-hydrogen) atoms. The van der Waals surface area contributed by atoms with E-state index in [1.807, 2.05) is 0 Å². The molecule has 1 aliphatic heterocycles. The average Bonchev–Trinajstić information content (AvgIpc) is 3.09. The molecule has 2 heteroatoms. The Hall–Kier alpha value is -0.0800. The third-order valence-corrected chi connectivity index (χ3v) is 5.06. The van der Waals surface area contributed by atoms with E-state index in [1.54, 1.807) is 0 Å². The van der Waals surface area contributed by atoms with E-state index in [2.05, 4.69) is 31.0 Å². The molecule has 0 spiro atoms. The fourth-order valence-corrected chi connectivity index (χ4v) is 3.18. The number of piperidine rings is 1. The second-order valence-corrected chi connectivity index (χ2v) is 6.52. The maximum atomic E-state index is 3.47. The zero-order valence-electron chi connectivity index (χ0n) is 12.0. The topological polar surface area (TPSA) is 15.3 Å². The van der Waals surface area contributed by atoms with Crippen LogP contribution >= 0.6 is 0 Å². The van der Waals surface area contributed by atoms with Gasteiger partial charge in [0.25, 0.3) is 0 Å². The van der Waals surface area contributed by atoms with Gasteiger partial charge >= 0.3 is 0 Å². The largest absolute Gasteiger partial charge is 0.317 e. The highest BCUT2D eigenvalue weighted by atomic mass is 15.2. The van der Waals surface area contributed by atoms with Gasteiger partial charge in [0, 0.05) is 12.6 Å². The third-order valence-electron chi connectivity index (χ3n) is 5.06. The fraction of sp³-hybridized carbons (Fsp3) is 1.00. The molecule has 2 fully saturated rings. The van der Waals surface area contributed by atoms with Crippen molar-refractivity contribution in [2.45, 2.75) is 58.9 Å². The van der Waals surface area contributed by atoms with Crippen LogP contribution < -0.4 is 5.32 Å². The zero-order chi connectivity index (χ0) is 12.3. The minimum absolute atomic E-state index is 0.641. The van der Waals surface area contributed by atoms with Crippen molar-refractivity contribution in [3.05, 3.63) is 0 Å². The minimum atomic E-state index is 0.641. The summed E-state index contributed by atoms with van der Waals surface area (Å²) in [4.78, 5) is 2.78. The summed E-state index contributed by atoms with van der Waals surface area (Å²) in [6.45, 7) is 12.4. The summed E-state index contributed by atoms with van der Waals surface area (Å²) < 4.78 is 0. The molecule has 1 aliphatic carbocycles. The molecule has 2 nitrogen and oxygen atoms in total. The second-order valence-electron chi connectivity index (χ2n) is 6.52. The van der Waals surface area contributed by atoms with Gasteiger partial charge in [-0.1, -0.05) is 13.8 Å². The van der Waals surface area contributed by atoms with Crippen LogP contribution in [0.5, 0.6) is 0 Å². The first-order valence-corrected chi connectivity index (χ1v) is 7.60. The summed E-state index contributed by atoms with van der Waals surface area (Å²) >= 11 is 0. The van der Waals surface area contributed by atoms with E-state index in [9.17, 15) is 0 Å². The Morgan fingerprint density at radius 2 is 1.94 bits per heavy atom. The lowest BCUT2D eigenvalue weighted by molar-refractivity contribution is 0.117. The van der Waals surface area contributed by atoms with Crippen molar-refractivity contribution in [3.63, 3.8) is 0 Å². The van der Waals surface area contributed by atoms with E-state index in [-0.39, 0.29) is 0 Å². The van der Waals surface area contributed by atoms with Crippen molar-refractivity contribution in [2.75, 3.05) is 26.2 Å². The maximum absolute atomic E-state index is 3.47. The summed E-state index contributed by atoms with van der Waals surface area (Å²) in [6, 6.07) is 0.789. The SMILES string of the molecule is CCCN(CC1CCNCC1)C(C)C1(C)CC1. The predicted molar refractivity (Wildman–Crippen MR) is 74.3 cm³/mol. The summed E-state index contributed by atoms with van der Waals surface area (Å²) in [5, 5.41) is 3.47. The van der Waals surface area contributed by atoms with Crippen LogP contribution in [-0.4, -0.2) is 37.1 Å². The first kappa shape index (κ1) is 13.4. The molecule has 1 atom stereocenters. The van der Waals surface area contributed by atoms with Gasteiger partial charge in [0.15, 0.2) is 0 Å². The lowest BCUT2D eigenvalue weighted by Gasteiger charge is -2.37. The Bertz CT molecular complexity index is 229. The van der Waals surface area contributed by atoms with Crippen LogP contribution in [0.4, 0.5) is 0 Å². The Kier molecular flexibility index (Phi) is 4.48. The molecule has 1 saturated heterocycles. The highest BCUT2D eigenvalue weighted by molar-refractivity contribution is 4.98. The van der Waals surface area contributed by atoms with Gasteiger partial charge < -0.3 is 5.32 Å². The molecular weight excluding hydrogens is 208 g/mol. The van der Waals surface area contributed by atoms with Gasteiger partial charge in [-0.3, -0.25) is 4.90 Å². The second kappa shape index (κ2) is 5.71. The monoisotopic (exact) mass is 238 g/mol. The normalized spacial score (nSPS) is 26.1. The molecule has 1 saturated carbocycles. The van der Waals surface area contributed by atoms with Crippen molar-refractivity contribution in [2.24, 2.45) is 11.3 Å². The molecule has 1 heterocycles. The number of nitrogens with zero attached hydrogens (tertiary/aromatic N) is 1. The van der Waals surface area contributed by atoms with Crippen LogP contribution in [-0.2, 0) is 0 Å². The van der Waals surface area contributed by atoms with Gasteiger partial charge in [0.2, 0.25) is 0 Å². The van der Waals surface area contributed by atoms with Crippen molar-refractivity contribution < 1.29 is 0 Å². The van der Waals surface area contributed by atoms with Gasteiger partial charge in [-0.05, 0) is 70.0 Å². The summed E-state index contributed by atoms with van der Waals surface area (Å²) in [5.74, 6) is 0.938. The van der Waals surface area contributed by atoms with Gasteiger partial charge in [-0.15, -0.1) is 0 Å². The number of hydrogen-bond donors (Lipinski definition) is 1. The molecule has 0 radical (unpaired) electrons.